The third-order valence-electron chi connectivity index (χ3n) is 5.64. The Balaban J connectivity index is 1.94. The van der Waals surface area contributed by atoms with Crippen molar-refractivity contribution in [3.05, 3.63) is 53.4 Å². The lowest BCUT2D eigenvalue weighted by Crippen LogP contribution is -2.32. The van der Waals surface area contributed by atoms with Crippen molar-refractivity contribution in [3.8, 4) is 5.69 Å². The van der Waals surface area contributed by atoms with Crippen LogP contribution in [0.4, 0.5) is 0 Å². The first-order valence-electron chi connectivity index (χ1n) is 11.5. The molecule has 152 valence electrons. The van der Waals surface area contributed by atoms with Gasteiger partial charge in [0.25, 0.3) is 5.65 Å². The maximum absolute atomic E-state index is 8.21. The summed E-state index contributed by atoms with van der Waals surface area (Å²) in [6.07, 6.45) is 3.54. The monoisotopic (exact) mass is 403 g/mol. The Labute approximate surface area is 179 Å². The second-order valence-electron chi connectivity index (χ2n) is 8.90. The summed E-state index contributed by atoms with van der Waals surface area (Å²) < 4.78 is 34.1. The summed E-state index contributed by atoms with van der Waals surface area (Å²) in [6, 6.07) is 5.93. The van der Waals surface area contributed by atoms with Crippen LogP contribution in [-0.2, 0) is 12.4 Å². The predicted molar refractivity (Wildman–Crippen MR) is 118 cm³/mol. The summed E-state index contributed by atoms with van der Waals surface area (Å²) >= 11 is 0. The summed E-state index contributed by atoms with van der Waals surface area (Å²) in [4.78, 5) is 13.9. The molecule has 6 heteroatoms. The minimum atomic E-state index is -2.42. The van der Waals surface area contributed by atoms with Gasteiger partial charge in [0.15, 0.2) is 11.3 Å². The lowest BCUT2D eigenvalue weighted by atomic mass is 9.93. The largest absolute Gasteiger partial charge is 0.452 e. The molecule has 30 heavy (non-hydrogen) atoms. The Morgan fingerprint density at radius 1 is 1.07 bits per heavy atom. The predicted octanol–water partition coefficient (Wildman–Crippen LogP) is 4.76. The van der Waals surface area contributed by atoms with Crippen LogP contribution >= 0.6 is 0 Å². The SMILES string of the molecule is [2H]C([2H])([2H])[n+]1c(C)n(-c2c(C)ccc3c2oc2cc(C)ncc23)c2ncc(C(C)(C)C)nc21. The zero-order valence-electron chi connectivity index (χ0n) is 21.0. The Hall–Kier alpha value is -3.28. The fraction of sp³-hybridized carbons (Fsp3) is 0.333. The van der Waals surface area contributed by atoms with E-state index in [2.05, 4.69) is 4.98 Å². The van der Waals surface area contributed by atoms with Gasteiger partial charge in [0.1, 0.15) is 11.3 Å². The minimum absolute atomic E-state index is 0.275. The number of nitrogens with zero attached hydrogens (tertiary/aromatic N) is 5. The van der Waals surface area contributed by atoms with Crippen molar-refractivity contribution in [1.29, 1.82) is 0 Å². The highest BCUT2D eigenvalue weighted by molar-refractivity contribution is 6.07. The zero-order valence-corrected chi connectivity index (χ0v) is 18.0. The highest BCUT2D eigenvalue weighted by Gasteiger charge is 2.29. The number of furan rings is 1. The van der Waals surface area contributed by atoms with Crippen LogP contribution < -0.4 is 4.57 Å². The van der Waals surface area contributed by atoms with Gasteiger partial charge in [0.05, 0.1) is 17.3 Å². The molecule has 0 radical (unpaired) electrons. The number of pyridine rings is 1. The van der Waals surface area contributed by atoms with Crippen LogP contribution in [0.5, 0.6) is 0 Å². The van der Waals surface area contributed by atoms with Gasteiger partial charge in [-0.05, 0) is 25.5 Å². The second-order valence-corrected chi connectivity index (χ2v) is 8.90. The van der Waals surface area contributed by atoms with Gasteiger partial charge in [-0.3, -0.25) is 4.98 Å². The molecule has 4 aromatic heterocycles. The molecule has 0 aliphatic carbocycles. The number of aryl methyl sites for hydroxylation is 3. The molecule has 0 saturated carbocycles. The number of hydrogen-bond donors (Lipinski definition) is 0. The van der Waals surface area contributed by atoms with E-state index in [1.54, 1.807) is 13.1 Å². The van der Waals surface area contributed by atoms with Crippen molar-refractivity contribution < 1.29 is 13.1 Å². The van der Waals surface area contributed by atoms with Crippen molar-refractivity contribution >= 4 is 33.2 Å². The summed E-state index contributed by atoms with van der Waals surface area (Å²) in [5.74, 6) is 0.501. The third kappa shape index (κ3) is 2.56. The Morgan fingerprint density at radius 2 is 1.87 bits per heavy atom. The van der Waals surface area contributed by atoms with E-state index in [9.17, 15) is 0 Å². The molecule has 0 aliphatic heterocycles. The molecule has 4 heterocycles. The summed E-state index contributed by atoms with van der Waals surface area (Å²) in [5.41, 5.74) is 5.21. The first-order chi connectivity index (χ1) is 15.4. The number of benzene rings is 1. The van der Waals surface area contributed by atoms with E-state index in [1.165, 1.54) is 4.57 Å². The molecule has 0 bridgehead atoms. The summed E-state index contributed by atoms with van der Waals surface area (Å²) in [5, 5.41) is 1.83. The van der Waals surface area contributed by atoms with E-state index in [4.69, 9.17) is 18.5 Å². The maximum atomic E-state index is 8.21. The molecule has 0 N–H and O–H groups in total. The fourth-order valence-corrected chi connectivity index (χ4v) is 3.91. The van der Waals surface area contributed by atoms with E-state index >= 15 is 0 Å². The molecule has 0 aliphatic rings. The average molecular weight is 404 g/mol. The molecule has 5 aromatic rings. The van der Waals surface area contributed by atoms with Crippen LogP contribution in [0.2, 0.25) is 0 Å². The zero-order chi connectivity index (χ0) is 23.9. The van der Waals surface area contributed by atoms with Crippen LogP contribution in [0.25, 0.3) is 38.9 Å². The normalized spacial score (nSPS) is 14.4. The highest BCUT2D eigenvalue weighted by Crippen LogP contribution is 2.35. The van der Waals surface area contributed by atoms with Crippen LogP contribution in [0.15, 0.2) is 35.0 Å². The Kier molecular flexibility index (Phi) is 3.17. The molecular formula is C24H26N5O+. The summed E-state index contributed by atoms with van der Waals surface area (Å²) in [7, 11) is 0. The van der Waals surface area contributed by atoms with Crippen LogP contribution in [0, 0.1) is 20.8 Å². The van der Waals surface area contributed by atoms with Gasteiger partial charge in [-0.25, -0.2) is 14.1 Å². The van der Waals surface area contributed by atoms with Crippen molar-refractivity contribution in [2.75, 3.05) is 0 Å². The number of fused-ring (bicyclic) bond motifs is 4. The van der Waals surface area contributed by atoms with Crippen molar-refractivity contribution in [3.63, 3.8) is 0 Å². The smallest absolute Gasteiger partial charge is 0.322 e. The molecule has 6 nitrogen and oxygen atoms in total. The molecule has 5 rings (SSSR count). The van der Waals surface area contributed by atoms with Gasteiger partial charge in [0.2, 0.25) is 5.82 Å². The van der Waals surface area contributed by atoms with E-state index in [0.717, 1.165) is 39.0 Å². The Bertz CT molecular complexity index is 1570. The summed E-state index contributed by atoms with van der Waals surface area (Å²) in [6.45, 7) is 9.34. The van der Waals surface area contributed by atoms with E-state index in [0.29, 0.717) is 22.7 Å². The van der Waals surface area contributed by atoms with E-state index in [1.807, 2.05) is 63.6 Å². The molecule has 0 atom stereocenters. The molecule has 0 amide bonds. The average Bonchev–Trinajstić information content (AvgIpc) is 3.20. The van der Waals surface area contributed by atoms with Gasteiger partial charge in [0, 0.05) is 41.1 Å². The Morgan fingerprint density at radius 3 is 2.60 bits per heavy atom. The lowest BCUT2D eigenvalue weighted by molar-refractivity contribution is -0.653. The van der Waals surface area contributed by atoms with Crippen LogP contribution in [0.3, 0.4) is 0 Å². The van der Waals surface area contributed by atoms with Gasteiger partial charge in [-0.1, -0.05) is 26.8 Å². The van der Waals surface area contributed by atoms with Crippen molar-refractivity contribution in [2.45, 2.75) is 47.0 Å². The molecule has 0 saturated heterocycles. The number of aromatic nitrogens is 5. The number of imidazole rings is 1. The quantitative estimate of drug-likeness (QED) is 0.379. The topological polar surface area (TPSA) is 60.6 Å². The molecule has 1 aromatic carbocycles. The standard InChI is InChI=1S/C24H26N5O/c1-13-8-9-16-17-11-25-14(2)10-18(17)30-21(16)20(13)29-15(3)28(7)23-22(29)26-12-19(27-23)24(4,5)6/h8-12H,1-7H3/q+1/i7D3. The second kappa shape index (κ2) is 6.11. The number of hydrogen-bond acceptors (Lipinski definition) is 4. The lowest BCUT2D eigenvalue weighted by Gasteiger charge is -2.13. The van der Waals surface area contributed by atoms with E-state index in [-0.39, 0.29) is 5.41 Å². The maximum Gasteiger partial charge on any atom is 0.322 e. The minimum Gasteiger partial charge on any atom is -0.452 e. The molecular weight excluding hydrogens is 374 g/mol. The van der Waals surface area contributed by atoms with Gasteiger partial charge in [-0.15, -0.1) is 4.98 Å². The number of rotatable bonds is 1. The van der Waals surface area contributed by atoms with Gasteiger partial charge >= 0.3 is 5.65 Å². The fourth-order valence-electron chi connectivity index (χ4n) is 3.91. The van der Waals surface area contributed by atoms with Gasteiger partial charge in [-0.2, -0.15) is 0 Å². The highest BCUT2D eigenvalue weighted by atomic mass is 16.3. The molecule has 0 fully saturated rings. The van der Waals surface area contributed by atoms with Crippen LogP contribution in [-0.4, -0.2) is 19.5 Å². The van der Waals surface area contributed by atoms with E-state index < -0.39 is 6.98 Å². The van der Waals surface area contributed by atoms with Crippen molar-refractivity contribution in [1.82, 2.24) is 19.5 Å². The first kappa shape index (κ1) is 15.5. The third-order valence-corrected chi connectivity index (χ3v) is 5.64. The molecule has 0 spiro atoms. The van der Waals surface area contributed by atoms with Crippen molar-refractivity contribution in [2.24, 2.45) is 6.98 Å². The van der Waals surface area contributed by atoms with Crippen LogP contribution in [0.1, 0.15) is 47.7 Å². The first-order valence-corrected chi connectivity index (χ1v) is 9.98. The molecule has 0 unspecified atom stereocenters. The van der Waals surface area contributed by atoms with Gasteiger partial charge < -0.3 is 4.42 Å².